The molecule has 84 valence electrons. The molecule has 1 atom stereocenters. The highest BCUT2D eigenvalue weighted by Gasteiger charge is 2.16. The molecule has 0 saturated carbocycles. The van der Waals surface area contributed by atoms with Gasteiger partial charge in [0.15, 0.2) is 6.10 Å². The molecule has 4 heteroatoms. The van der Waals surface area contributed by atoms with Gasteiger partial charge in [0.2, 0.25) is 0 Å². The van der Waals surface area contributed by atoms with Crippen LogP contribution in [0.5, 0.6) is 5.75 Å². The lowest BCUT2D eigenvalue weighted by atomic mass is 10.2. The van der Waals surface area contributed by atoms with Crippen molar-refractivity contribution in [3.05, 3.63) is 29.8 Å². The second-order valence-corrected chi connectivity index (χ2v) is 3.63. The highest BCUT2D eigenvalue weighted by Crippen LogP contribution is 2.13. The van der Waals surface area contributed by atoms with E-state index in [9.17, 15) is 4.79 Å². The average Bonchev–Trinajstić information content (AvgIpc) is 2.28. The molecule has 1 unspecified atom stereocenters. The molecule has 1 amide bonds. The third-order valence-corrected chi connectivity index (χ3v) is 2.08. The first kappa shape index (κ1) is 12.1. The van der Waals surface area contributed by atoms with E-state index in [4.69, 9.17) is 10.00 Å². The van der Waals surface area contributed by atoms with Gasteiger partial charge in [-0.05, 0) is 31.2 Å². The molecule has 0 aliphatic carbocycles. The number of carbonyl (C=O) groups is 1. The quantitative estimate of drug-likeness (QED) is 0.770. The van der Waals surface area contributed by atoms with Gasteiger partial charge < -0.3 is 9.64 Å². The number of hydrogen-bond acceptors (Lipinski definition) is 3. The molecule has 1 rings (SSSR count). The maximum Gasteiger partial charge on any atom is 0.262 e. The molecule has 16 heavy (non-hydrogen) atoms. The molecular formula is C12H14N2O2. The molecule has 0 aromatic heterocycles. The van der Waals surface area contributed by atoms with E-state index in [0.29, 0.717) is 11.3 Å². The van der Waals surface area contributed by atoms with Crippen LogP contribution in [0.4, 0.5) is 0 Å². The third kappa shape index (κ3) is 2.99. The first-order valence-electron chi connectivity index (χ1n) is 4.92. The molecule has 0 spiro atoms. The van der Waals surface area contributed by atoms with Crippen LogP contribution in [0.1, 0.15) is 12.5 Å². The summed E-state index contributed by atoms with van der Waals surface area (Å²) >= 11 is 0. The lowest BCUT2D eigenvalue weighted by Gasteiger charge is -2.18. The zero-order valence-corrected chi connectivity index (χ0v) is 9.60. The summed E-state index contributed by atoms with van der Waals surface area (Å²) in [5, 5.41) is 8.62. The van der Waals surface area contributed by atoms with Crippen LogP contribution < -0.4 is 4.74 Å². The highest BCUT2D eigenvalue weighted by atomic mass is 16.5. The minimum atomic E-state index is -0.525. The zero-order chi connectivity index (χ0) is 12.1. The molecule has 4 nitrogen and oxygen atoms in total. The molecular weight excluding hydrogens is 204 g/mol. The predicted octanol–water partition coefficient (Wildman–Crippen LogP) is 1.41. The van der Waals surface area contributed by atoms with Gasteiger partial charge >= 0.3 is 0 Å². The summed E-state index contributed by atoms with van der Waals surface area (Å²) in [6.07, 6.45) is -0.525. The van der Waals surface area contributed by atoms with Gasteiger partial charge in [0.1, 0.15) is 5.75 Å². The molecule has 0 aliphatic heterocycles. The summed E-state index contributed by atoms with van der Waals surface area (Å²) in [6.45, 7) is 1.69. The number of carbonyl (C=O) groups excluding carboxylic acids is 1. The second kappa shape index (κ2) is 5.17. The minimum Gasteiger partial charge on any atom is -0.481 e. The summed E-state index contributed by atoms with van der Waals surface area (Å²) in [4.78, 5) is 13.0. The predicted molar refractivity (Wildman–Crippen MR) is 59.9 cm³/mol. The number of amides is 1. The van der Waals surface area contributed by atoms with Gasteiger partial charge in [0.25, 0.3) is 5.91 Å². The Morgan fingerprint density at radius 3 is 2.38 bits per heavy atom. The Morgan fingerprint density at radius 2 is 1.94 bits per heavy atom. The van der Waals surface area contributed by atoms with Crippen molar-refractivity contribution in [3.63, 3.8) is 0 Å². The first-order chi connectivity index (χ1) is 7.54. The van der Waals surface area contributed by atoms with Crippen LogP contribution in [-0.4, -0.2) is 31.0 Å². The third-order valence-electron chi connectivity index (χ3n) is 2.08. The lowest BCUT2D eigenvalue weighted by Crippen LogP contribution is -2.35. The van der Waals surface area contributed by atoms with E-state index in [1.54, 1.807) is 45.3 Å². The number of likely N-dealkylation sites (N-methyl/N-ethyl adjacent to an activating group) is 1. The van der Waals surface area contributed by atoms with Crippen LogP contribution in [0.25, 0.3) is 0 Å². The molecule has 1 aromatic carbocycles. The van der Waals surface area contributed by atoms with Crippen molar-refractivity contribution in [3.8, 4) is 11.8 Å². The number of ether oxygens (including phenoxy) is 1. The highest BCUT2D eigenvalue weighted by molar-refractivity contribution is 5.80. The Labute approximate surface area is 95.0 Å². The number of benzene rings is 1. The van der Waals surface area contributed by atoms with Crippen molar-refractivity contribution in [1.29, 1.82) is 5.26 Å². The van der Waals surface area contributed by atoms with Crippen molar-refractivity contribution in [2.24, 2.45) is 0 Å². The summed E-state index contributed by atoms with van der Waals surface area (Å²) in [5.41, 5.74) is 0.568. The fourth-order valence-corrected chi connectivity index (χ4v) is 1.23. The monoisotopic (exact) mass is 218 g/mol. The number of nitriles is 1. The number of rotatable bonds is 3. The Morgan fingerprint density at radius 1 is 1.38 bits per heavy atom. The van der Waals surface area contributed by atoms with Gasteiger partial charge in [0, 0.05) is 14.1 Å². The van der Waals surface area contributed by atoms with Gasteiger partial charge in [-0.15, -0.1) is 0 Å². The average molecular weight is 218 g/mol. The topological polar surface area (TPSA) is 53.3 Å². The minimum absolute atomic E-state index is 0.0932. The second-order valence-electron chi connectivity index (χ2n) is 3.63. The summed E-state index contributed by atoms with van der Waals surface area (Å²) < 4.78 is 5.44. The lowest BCUT2D eigenvalue weighted by molar-refractivity contribution is -0.135. The maximum atomic E-state index is 11.5. The Hall–Kier alpha value is -2.02. The SMILES string of the molecule is CC(Oc1ccc(C#N)cc1)C(=O)N(C)C. The smallest absolute Gasteiger partial charge is 0.262 e. The van der Waals surface area contributed by atoms with E-state index in [-0.39, 0.29) is 5.91 Å². The van der Waals surface area contributed by atoms with Crippen LogP contribution in [0.15, 0.2) is 24.3 Å². The van der Waals surface area contributed by atoms with Crippen LogP contribution in [0.2, 0.25) is 0 Å². The van der Waals surface area contributed by atoms with E-state index in [1.807, 2.05) is 6.07 Å². The van der Waals surface area contributed by atoms with Gasteiger partial charge in [-0.3, -0.25) is 4.79 Å². The zero-order valence-electron chi connectivity index (χ0n) is 9.60. The summed E-state index contributed by atoms with van der Waals surface area (Å²) in [7, 11) is 3.36. The van der Waals surface area contributed by atoms with Crippen molar-refractivity contribution < 1.29 is 9.53 Å². The van der Waals surface area contributed by atoms with Gasteiger partial charge in [0.05, 0.1) is 11.6 Å². The van der Waals surface area contributed by atoms with Crippen molar-refractivity contribution >= 4 is 5.91 Å². The van der Waals surface area contributed by atoms with Crippen molar-refractivity contribution in [2.45, 2.75) is 13.0 Å². The normalized spacial score (nSPS) is 11.4. The van der Waals surface area contributed by atoms with Gasteiger partial charge in [-0.25, -0.2) is 0 Å². The molecule has 0 radical (unpaired) electrons. The van der Waals surface area contributed by atoms with E-state index in [0.717, 1.165) is 0 Å². The molecule has 0 bridgehead atoms. The first-order valence-corrected chi connectivity index (χ1v) is 4.92. The van der Waals surface area contributed by atoms with E-state index in [2.05, 4.69) is 0 Å². The maximum absolute atomic E-state index is 11.5. The fraction of sp³-hybridized carbons (Fsp3) is 0.333. The molecule has 0 fully saturated rings. The van der Waals surface area contributed by atoms with Crippen LogP contribution in [-0.2, 0) is 4.79 Å². The largest absolute Gasteiger partial charge is 0.481 e. The molecule has 1 aromatic rings. The molecule has 0 N–H and O–H groups in total. The Balaban J connectivity index is 2.67. The number of hydrogen-bond donors (Lipinski definition) is 0. The Bertz CT molecular complexity index is 404. The fourth-order valence-electron chi connectivity index (χ4n) is 1.23. The van der Waals surface area contributed by atoms with E-state index in [1.165, 1.54) is 4.90 Å². The van der Waals surface area contributed by atoms with Crippen LogP contribution in [0.3, 0.4) is 0 Å². The summed E-state index contributed by atoms with van der Waals surface area (Å²) in [5.74, 6) is 0.492. The standard InChI is InChI=1S/C12H14N2O2/c1-9(12(15)14(2)3)16-11-6-4-10(8-13)5-7-11/h4-7,9H,1-3H3. The van der Waals surface area contributed by atoms with Gasteiger partial charge in [-0.2, -0.15) is 5.26 Å². The van der Waals surface area contributed by atoms with E-state index < -0.39 is 6.10 Å². The van der Waals surface area contributed by atoms with Gasteiger partial charge in [-0.1, -0.05) is 0 Å². The summed E-state index contributed by atoms with van der Waals surface area (Å²) in [6, 6.07) is 8.68. The molecule has 0 saturated heterocycles. The van der Waals surface area contributed by atoms with Crippen molar-refractivity contribution in [1.82, 2.24) is 4.90 Å². The Kier molecular flexibility index (Phi) is 3.90. The molecule has 0 aliphatic rings. The van der Waals surface area contributed by atoms with Crippen LogP contribution >= 0.6 is 0 Å². The molecule has 0 heterocycles. The van der Waals surface area contributed by atoms with E-state index >= 15 is 0 Å². The number of nitrogens with zero attached hydrogens (tertiary/aromatic N) is 2. The van der Waals surface area contributed by atoms with Crippen LogP contribution in [0, 0.1) is 11.3 Å². The van der Waals surface area contributed by atoms with Crippen molar-refractivity contribution in [2.75, 3.05) is 14.1 Å².